The smallest absolute Gasteiger partial charge is 0.310 e. The standard InChI is InChI=1S/C11H14F2N2O2/c1-3-17-9(16)5-7-4-8(14)15-6(2)10(7)11(12)13/h4,11H,3,5H2,1-2H3,(H2,14,15). The highest BCUT2D eigenvalue weighted by atomic mass is 19.3. The van der Waals surface area contributed by atoms with Gasteiger partial charge in [0.05, 0.1) is 13.0 Å². The molecule has 0 aromatic carbocycles. The van der Waals surface area contributed by atoms with Crippen LogP contribution in [0.5, 0.6) is 0 Å². The summed E-state index contributed by atoms with van der Waals surface area (Å²) in [5.41, 5.74) is 5.53. The van der Waals surface area contributed by atoms with E-state index >= 15 is 0 Å². The molecule has 0 saturated heterocycles. The number of hydrogen-bond acceptors (Lipinski definition) is 4. The molecule has 0 aliphatic heterocycles. The Morgan fingerprint density at radius 1 is 1.59 bits per heavy atom. The van der Waals surface area contributed by atoms with Crippen molar-refractivity contribution in [3.8, 4) is 0 Å². The van der Waals surface area contributed by atoms with E-state index in [4.69, 9.17) is 10.5 Å². The van der Waals surface area contributed by atoms with Gasteiger partial charge in [-0.1, -0.05) is 0 Å². The molecule has 1 rings (SSSR count). The summed E-state index contributed by atoms with van der Waals surface area (Å²) >= 11 is 0. The molecule has 1 aromatic heterocycles. The van der Waals surface area contributed by atoms with Crippen LogP contribution >= 0.6 is 0 Å². The molecule has 0 aliphatic carbocycles. The van der Waals surface area contributed by atoms with Gasteiger partial charge in [-0.15, -0.1) is 0 Å². The molecule has 0 atom stereocenters. The maximum absolute atomic E-state index is 12.8. The van der Waals surface area contributed by atoms with Crippen LogP contribution in [0.15, 0.2) is 6.07 Å². The molecule has 0 aliphatic rings. The van der Waals surface area contributed by atoms with Crippen molar-refractivity contribution in [2.45, 2.75) is 26.7 Å². The van der Waals surface area contributed by atoms with E-state index in [0.717, 1.165) is 0 Å². The lowest BCUT2D eigenvalue weighted by Gasteiger charge is -2.11. The summed E-state index contributed by atoms with van der Waals surface area (Å²) in [6.07, 6.45) is -2.91. The summed E-state index contributed by atoms with van der Waals surface area (Å²) in [4.78, 5) is 15.0. The van der Waals surface area contributed by atoms with Crippen LogP contribution in [0, 0.1) is 6.92 Å². The van der Waals surface area contributed by atoms with E-state index in [-0.39, 0.29) is 35.7 Å². The maximum Gasteiger partial charge on any atom is 0.310 e. The van der Waals surface area contributed by atoms with Gasteiger partial charge in [0.1, 0.15) is 5.82 Å². The van der Waals surface area contributed by atoms with Crippen molar-refractivity contribution in [1.82, 2.24) is 4.98 Å². The van der Waals surface area contributed by atoms with Gasteiger partial charge in [-0.25, -0.2) is 13.8 Å². The van der Waals surface area contributed by atoms with Crippen LogP contribution in [0.3, 0.4) is 0 Å². The average molecular weight is 244 g/mol. The fourth-order valence-electron chi connectivity index (χ4n) is 1.59. The molecule has 0 fully saturated rings. The van der Waals surface area contributed by atoms with Crippen molar-refractivity contribution in [2.24, 2.45) is 0 Å². The first kappa shape index (κ1) is 13.3. The molecule has 1 heterocycles. The fraction of sp³-hybridized carbons (Fsp3) is 0.455. The number of hydrogen-bond donors (Lipinski definition) is 1. The number of aryl methyl sites for hydroxylation is 1. The number of carbonyl (C=O) groups is 1. The van der Waals surface area contributed by atoms with Crippen LogP contribution < -0.4 is 5.73 Å². The van der Waals surface area contributed by atoms with E-state index in [1.807, 2.05) is 0 Å². The SMILES string of the molecule is CCOC(=O)Cc1cc(N)nc(C)c1C(F)F. The normalized spacial score (nSPS) is 10.6. The minimum absolute atomic E-state index is 0.117. The van der Waals surface area contributed by atoms with Gasteiger partial charge in [-0.3, -0.25) is 4.79 Å². The molecule has 4 nitrogen and oxygen atoms in total. The molecule has 0 unspecified atom stereocenters. The first-order valence-corrected chi connectivity index (χ1v) is 5.15. The summed E-state index contributed by atoms with van der Waals surface area (Å²) in [6.45, 7) is 3.30. The highest BCUT2D eigenvalue weighted by molar-refractivity contribution is 5.73. The third-order valence-electron chi connectivity index (χ3n) is 2.21. The molecule has 2 N–H and O–H groups in total. The largest absolute Gasteiger partial charge is 0.466 e. The van der Waals surface area contributed by atoms with Gasteiger partial charge in [0.2, 0.25) is 0 Å². The number of nitrogen functional groups attached to an aromatic ring is 1. The third-order valence-corrected chi connectivity index (χ3v) is 2.21. The van der Waals surface area contributed by atoms with Gasteiger partial charge in [0.15, 0.2) is 0 Å². The summed E-state index contributed by atoms with van der Waals surface area (Å²) in [5.74, 6) is -0.439. The second-order valence-corrected chi connectivity index (χ2v) is 3.49. The molecule has 1 aromatic rings. The van der Waals surface area contributed by atoms with Gasteiger partial charge in [0, 0.05) is 11.3 Å². The molecular formula is C11H14F2N2O2. The van der Waals surface area contributed by atoms with Crippen molar-refractivity contribution in [3.05, 3.63) is 22.9 Å². The Morgan fingerprint density at radius 3 is 2.76 bits per heavy atom. The first-order chi connectivity index (χ1) is 7.95. The molecule has 6 heteroatoms. The number of aromatic nitrogens is 1. The van der Waals surface area contributed by atoms with Crippen LogP contribution in [-0.2, 0) is 16.0 Å². The summed E-state index contributed by atoms with van der Waals surface area (Å²) in [7, 11) is 0. The van der Waals surface area contributed by atoms with E-state index in [1.165, 1.54) is 13.0 Å². The van der Waals surface area contributed by atoms with Crippen molar-refractivity contribution in [3.63, 3.8) is 0 Å². The lowest BCUT2D eigenvalue weighted by molar-refractivity contribution is -0.142. The Balaban J connectivity index is 3.08. The Kier molecular flexibility index (Phi) is 4.37. The number of nitrogens with two attached hydrogens (primary N) is 1. The van der Waals surface area contributed by atoms with Gasteiger partial charge in [0.25, 0.3) is 6.43 Å². The second-order valence-electron chi connectivity index (χ2n) is 3.49. The molecule has 0 amide bonds. The number of pyridine rings is 1. The number of ether oxygens (including phenoxy) is 1. The maximum atomic E-state index is 12.8. The minimum atomic E-state index is -2.69. The van der Waals surface area contributed by atoms with Crippen LogP contribution in [0.2, 0.25) is 0 Å². The molecular weight excluding hydrogens is 230 g/mol. The number of anilines is 1. The predicted molar refractivity (Wildman–Crippen MR) is 58.7 cm³/mol. The summed E-state index contributed by atoms with van der Waals surface area (Å²) in [6, 6.07) is 1.28. The van der Waals surface area contributed by atoms with E-state index in [1.54, 1.807) is 6.92 Å². The number of esters is 1. The summed E-state index contributed by atoms with van der Waals surface area (Å²) in [5, 5.41) is 0. The number of halogens is 2. The minimum Gasteiger partial charge on any atom is -0.466 e. The van der Waals surface area contributed by atoms with Crippen LogP contribution in [-0.4, -0.2) is 17.6 Å². The molecule has 0 radical (unpaired) electrons. The molecule has 0 bridgehead atoms. The average Bonchev–Trinajstić information content (AvgIpc) is 2.15. The second kappa shape index (κ2) is 5.56. The van der Waals surface area contributed by atoms with Gasteiger partial charge in [-0.2, -0.15) is 0 Å². The Morgan fingerprint density at radius 2 is 2.24 bits per heavy atom. The number of rotatable bonds is 4. The Hall–Kier alpha value is -1.72. The van der Waals surface area contributed by atoms with Crippen molar-refractivity contribution in [1.29, 1.82) is 0 Å². The van der Waals surface area contributed by atoms with Gasteiger partial charge >= 0.3 is 5.97 Å². The van der Waals surface area contributed by atoms with E-state index < -0.39 is 12.4 Å². The van der Waals surface area contributed by atoms with Crippen molar-refractivity contribution < 1.29 is 18.3 Å². The first-order valence-electron chi connectivity index (χ1n) is 5.15. The zero-order valence-corrected chi connectivity index (χ0v) is 9.67. The molecule has 17 heavy (non-hydrogen) atoms. The predicted octanol–water partition coefficient (Wildman–Crippen LogP) is 2.02. The van der Waals surface area contributed by atoms with Crippen LogP contribution in [0.4, 0.5) is 14.6 Å². The number of nitrogens with zero attached hydrogens (tertiary/aromatic N) is 1. The zero-order chi connectivity index (χ0) is 13.0. The van der Waals surface area contributed by atoms with E-state index in [2.05, 4.69) is 4.98 Å². The Labute approximate surface area is 97.8 Å². The highest BCUT2D eigenvalue weighted by Crippen LogP contribution is 2.27. The lowest BCUT2D eigenvalue weighted by atomic mass is 10.0. The number of alkyl halides is 2. The third kappa shape index (κ3) is 3.37. The van der Waals surface area contributed by atoms with E-state index in [0.29, 0.717) is 0 Å². The topological polar surface area (TPSA) is 65.2 Å². The van der Waals surface area contributed by atoms with Gasteiger partial charge in [-0.05, 0) is 25.5 Å². The molecule has 0 saturated carbocycles. The zero-order valence-electron chi connectivity index (χ0n) is 9.67. The fourth-order valence-corrected chi connectivity index (χ4v) is 1.59. The monoisotopic (exact) mass is 244 g/mol. The quantitative estimate of drug-likeness (QED) is 0.823. The summed E-state index contributed by atoms with van der Waals surface area (Å²) < 4.78 is 30.4. The van der Waals surface area contributed by atoms with E-state index in [9.17, 15) is 13.6 Å². The van der Waals surface area contributed by atoms with Crippen LogP contribution in [0.1, 0.15) is 30.2 Å². The molecule has 0 spiro atoms. The molecule has 94 valence electrons. The van der Waals surface area contributed by atoms with Crippen molar-refractivity contribution >= 4 is 11.8 Å². The Bertz CT molecular complexity index is 422. The van der Waals surface area contributed by atoms with Crippen molar-refractivity contribution in [2.75, 3.05) is 12.3 Å². The van der Waals surface area contributed by atoms with Gasteiger partial charge < -0.3 is 10.5 Å². The highest BCUT2D eigenvalue weighted by Gasteiger charge is 2.20. The van der Waals surface area contributed by atoms with Crippen LogP contribution in [0.25, 0.3) is 0 Å². The lowest BCUT2D eigenvalue weighted by Crippen LogP contribution is -2.12. The number of carbonyl (C=O) groups excluding carboxylic acids is 1.